The highest BCUT2D eigenvalue weighted by Gasteiger charge is 2.09. The van der Waals surface area contributed by atoms with Gasteiger partial charge in [0, 0.05) is 10.9 Å². The molecule has 0 spiro atoms. The number of thiophene rings is 1. The summed E-state index contributed by atoms with van der Waals surface area (Å²) < 4.78 is 13.0. The number of aryl methyl sites for hydroxylation is 1. The van der Waals surface area contributed by atoms with Crippen LogP contribution < -0.4 is 5.32 Å². The van der Waals surface area contributed by atoms with Crippen LogP contribution >= 0.6 is 11.3 Å². The van der Waals surface area contributed by atoms with E-state index in [9.17, 15) is 4.39 Å². The van der Waals surface area contributed by atoms with Gasteiger partial charge in [-0.3, -0.25) is 0 Å². The first-order valence-corrected chi connectivity index (χ1v) is 8.66. The van der Waals surface area contributed by atoms with Gasteiger partial charge >= 0.3 is 0 Å². The highest BCUT2D eigenvalue weighted by molar-refractivity contribution is 7.09. The van der Waals surface area contributed by atoms with Gasteiger partial charge in [0.25, 0.3) is 0 Å². The van der Waals surface area contributed by atoms with Crippen LogP contribution in [0.3, 0.4) is 0 Å². The molecule has 1 aromatic heterocycles. The molecule has 1 aromatic carbocycles. The number of nitrogens with one attached hydrogen (secondary N) is 1. The minimum Gasteiger partial charge on any atom is -0.314 e. The summed E-state index contributed by atoms with van der Waals surface area (Å²) in [5.74, 6) is -0.158. The van der Waals surface area contributed by atoms with Crippen LogP contribution in [0.1, 0.15) is 36.6 Å². The first-order valence-electron chi connectivity index (χ1n) is 7.78. The molecule has 0 radical (unpaired) electrons. The fourth-order valence-corrected chi connectivity index (χ4v) is 3.26. The van der Waals surface area contributed by atoms with Crippen molar-refractivity contribution < 1.29 is 4.39 Å². The molecular formula is C18H24FNS. The molecule has 1 atom stereocenters. The van der Waals surface area contributed by atoms with Crippen LogP contribution in [0.5, 0.6) is 0 Å². The molecule has 0 saturated carbocycles. The first kappa shape index (κ1) is 16.2. The number of benzene rings is 1. The Labute approximate surface area is 131 Å². The maximum Gasteiger partial charge on any atom is 0.123 e. The van der Waals surface area contributed by atoms with Gasteiger partial charge in [0.2, 0.25) is 0 Å². The molecular weight excluding hydrogens is 281 g/mol. The molecule has 2 rings (SSSR count). The quantitative estimate of drug-likeness (QED) is 0.700. The maximum atomic E-state index is 13.0. The van der Waals surface area contributed by atoms with Crippen LogP contribution in [0.2, 0.25) is 0 Å². The van der Waals surface area contributed by atoms with Gasteiger partial charge in [-0.1, -0.05) is 25.1 Å². The molecule has 1 unspecified atom stereocenters. The fourth-order valence-electron chi connectivity index (χ4n) is 2.51. The number of hydrogen-bond acceptors (Lipinski definition) is 2. The van der Waals surface area contributed by atoms with Crippen LogP contribution in [-0.2, 0) is 12.8 Å². The molecule has 0 saturated heterocycles. The molecule has 21 heavy (non-hydrogen) atoms. The standard InChI is InChI=1S/C18H24FNS/c1-2-12-20-17(5-3-6-18-7-4-13-21-18)14-15-8-10-16(19)11-9-15/h4,7-11,13,17,20H,2-3,5-6,12,14H2,1H3. The maximum absolute atomic E-state index is 13.0. The molecule has 1 N–H and O–H groups in total. The third-order valence-electron chi connectivity index (χ3n) is 3.63. The van der Waals surface area contributed by atoms with Gasteiger partial charge in [0.05, 0.1) is 0 Å². The predicted octanol–water partition coefficient (Wildman–Crippen LogP) is 4.82. The third-order valence-corrected chi connectivity index (χ3v) is 4.57. The zero-order valence-corrected chi connectivity index (χ0v) is 13.5. The van der Waals surface area contributed by atoms with Crippen molar-refractivity contribution >= 4 is 11.3 Å². The summed E-state index contributed by atoms with van der Waals surface area (Å²) in [5, 5.41) is 5.76. The SMILES string of the molecule is CCCNC(CCCc1cccs1)Cc1ccc(F)cc1. The van der Waals surface area contributed by atoms with Crippen molar-refractivity contribution in [3.63, 3.8) is 0 Å². The average Bonchev–Trinajstić information content (AvgIpc) is 3.00. The molecule has 0 fully saturated rings. The molecule has 0 amide bonds. The second-order valence-corrected chi connectivity index (χ2v) is 6.49. The second-order valence-electron chi connectivity index (χ2n) is 5.45. The van der Waals surface area contributed by atoms with E-state index in [0.29, 0.717) is 6.04 Å². The van der Waals surface area contributed by atoms with Crippen molar-refractivity contribution in [1.82, 2.24) is 5.32 Å². The summed E-state index contributed by atoms with van der Waals surface area (Å²) in [6.07, 6.45) is 5.64. The fraction of sp³-hybridized carbons (Fsp3) is 0.444. The van der Waals surface area contributed by atoms with E-state index in [1.165, 1.54) is 16.9 Å². The van der Waals surface area contributed by atoms with Gasteiger partial charge in [-0.2, -0.15) is 0 Å². The molecule has 1 heterocycles. The topological polar surface area (TPSA) is 12.0 Å². The Morgan fingerprint density at radius 2 is 2.00 bits per heavy atom. The Balaban J connectivity index is 1.83. The normalized spacial score (nSPS) is 12.5. The van der Waals surface area contributed by atoms with E-state index in [1.54, 1.807) is 12.1 Å². The van der Waals surface area contributed by atoms with E-state index in [1.807, 2.05) is 23.5 Å². The highest BCUT2D eigenvalue weighted by Crippen LogP contribution is 2.15. The van der Waals surface area contributed by atoms with Crippen molar-refractivity contribution in [3.05, 3.63) is 58.0 Å². The Morgan fingerprint density at radius 1 is 1.19 bits per heavy atom. The van der Waals surface area contributed by atoms with Crippen LogP contribution in [0, 0.1) is 5.82 Å². The van der Waals surface area contributed by atoms with E-state index in [0.717, 1.165) is 32.2 Å². The van der Waals surface area contributed by atoms with E-state index in [4.69, 9.17) is 0 Å². The molecule has 0 aliphatic carbocycles. The van der Waals surface area contributed by atoms with Crippen molar-refractivity contribution in [2.45, 2.75) is 45.1 Å². The molecule has 3 heteroatoms. The minimum absolute atomic E-state index is 0.158. The van der Waals surface area contributed by atoms with E-state index in [-0.39, 0.29) is 5.82 Å². The average molecular weight is 305 g/mol. The van der Waals surface area contributed by atoms with Crippen LogP contribution in [-0.4, -0.2) is 12.6 Å². The second kappa shape index (κ2) is 8.96. The van der Waals surface area contributed by atoms with Crippen LogP contribution in [0.4, 0.5) is 4.39 Å². The van der Waals surface area contributed by atoms with Gasteiger partial charge in [0.15, 0.2) is 0 Å². The Bertz CT molecular complexity index is 492. The van der Waals surface area contributed by atoms with Gasteiger partial charge in [0.1, 0.15) is 5.82 Å². The molecule has 0 aliphatic rings. The molecule has 0 bridgehead atoms. The summed E-state index contributed by atoms with van der Waals surface area (Å²) in [4.78, 5) is 1.46. The van der Waals surface area contributed by atoms with Gasteiger partial charge in [-0.15, -0.1) is 11.3 Å². The summed E-state index contributed by atoms with van der Waals surface area (Å²) in [6, 6.07) is 11.7. The van der Waals surface area contributed by atoms with E-state index >= 15 is 0 Å². The van der Waals surface area contributed by atoms with Gasteiger partial charge < -0.3 is 5.32 Å². The van der Waals surface area contributed by atoms with Crippen LogP contribution in [0.15, 0.2) is 41.8 Å². The number of halogens is 1. The largest absolute Gasteiger partial charge is 0.314 e. The lowest BCUT2D eigenvalue weighted by molar-refractivity contribution is 0.465. The molecule has 0 aliphatic heterocycles. The predicted molar refractivity (Wildman–Crippen MR) is 89.4 cm³/mol. The summed E-state index contributed by atoms with van der Waals surface area (Å²) in [6.45, 7) is 3.23. The monoisotopic (exact) mass is 305 g/mol. The number of rotatable bonds is 9. The molecule has 1 nitrogen and oxygen atoms in total. The van der Waals surface area contributed by atoms with Crippen molar-refractivity contribution in [3.8, 4) is 0 Å². The van der Waals surface area contributed by atoms with E-state index in [2.05, 4.69) is 29.8 Å². The zero-order valence-electron chi connectivity index (χ0n) is 12.6. The summed E-state index contributed by atoms with van der Waals surface area (Å²) in [7, 11) is 0. The van der Waals surface area contributed by atoms with Gasteiger partial charge in [-0.05, 0) is 67.8 Å². The Hall–Kier alpha value is -1.19. The Morgan fingerprint density at radius 3 is 2.67 bits per heavy atom. The zero-order chi connectivity index (χ0) is 14.9. The lowest BCUT2D eigenvalue weighted by Gasteiger charge is -2.18. The third kappa shape index (κ3) is 5.98. The molecule has 114 valence electrons. The van der Waals surface area contributed by atoms with Crippen molar-refractivity contribution in [1.29, 1.82) is 0 Å². The first-order chi connectivity index (χ1) is 10.3. The van der Waals surface area contributed by atoms with Crippen molar-refractivity contribution in [2.75, 3.05) is 6.54 Å². The smallest absolute Gasteiger partial charge is 0.123 e. The minimum atomic E-state index is -0.158. The lowest BCUT2D eigenvalue weighted by Crippen LogP contribution is -2.31. The Kier molecular flexibility index (Phi) is 6.90. The summed E-state index contributed by atoms with van der Waals surface area (Å²) >= 11 is 1.84. The number of hydrogen-bond donors (Lipinski definition) is 1. The summed E-state index contributed by atoms with van der Waals surface area (Å²) in [5.41, 5.74) is 1.21. The van der Waals surface area contributed by atoms with Crippen molar-refractivity contribution in [2.24, 2.45) is 0 Å². The molecule has 2 aromatic rings. The van der Waals surface area contributed by atoms with Crippen LogP contribution in [0.25, 0.3) is 0 Å². The van der Waals surface area contributed by atoms with Gasteiger partial charge in [-0.25, -0.2) is 4.39 Å². The lowest BCUT2D eigenvalue weighted by atomic mass is 10.0. The van der Waals surface area contributed by atoms with E-state index < -0.39 is 0 Å². The highest BCUT2D eigenvalue weighted by atomic mass is 32.1.